The zero-order chi connectivity index (χ0) is 18.4. The fraction of sp³-hybridized carbons (Fsp3) is 0.0952. The first-order valence-electron chi connectivity index (χ1n) is 8.04. The van der Waals surface area contributed by atoms with Crippen LogP contribution in [0.3, 0.4) is 0 Å². The molecule has 0 spiro atoms. The third kappa shape index (κ3) is 4.57. The minimum Gasteiger partial charge on any atom is -0.366 e. The second-order valence-corrected chi connectivity index (χ2v) is 7.07. The quantitative estimate of drug-likeness (QED) is 0.497. The minimum absolute atomic E-state index is 0.0263. The highest BCUT2D eigenvalue weighted by Gasteiger charge is 2.15. The lowest BCUT2D eigenvalue weighted by Gasteiger charge is -2.17. The molecule has 0 aliphatic heterocycles. The Labute approximate surface area is 161 Å². The summed E-state index contributed by atoms with van der Waals surface area (Å²) in [5.74, 6) is 0.336. The van der Waals surface area contributed by atoms with E-state index < -0.39 is 11.9 Å². The van der Waals surface area contributed by atoms with E-state index in [9.17, 15) is 9.65 Å². The van der Waals surface area contributed by atoms with Gasteiger partial charge in [-0.2, -0.15) is 5.26 Å². The summed E-state index contributed by atoms with van der Waals surface area (Å²) in [6, 6.07) is 24.0. The highest BCUT2D eigenvalue weighted by atomic mass is 35.5. The van der Waals surface area contributed by atoms with Gasteiger partial charge in [0.05, 0.1) is 11.1 Å². The Morgan fingerprint density at radius 3 is 2.50 bits per heavy atom. The van der Waals surface area contributed by atoms with Gasteiger partial charge in [0, 0.05) is 21.9 Å². The first kappa shape index (κ1) is 18.3. The molecule has 0 fully saturated rings. The van der Waals surface area contributed by atoms with Gasteiger partial charge in [-0.05, 0) is 29.8 Å². The highest BCUT2D eigenvalue weighted by molar-refractivity contribution is 7.98. The summed E-state index contributed by atoms with van der Waals surface area (Å²) in [6.07, 6.45) is 0. The molecular weight excluding hydrogens is 367 g/mol. The molecule has 3 rings (SSSR count). The number of nitrogens with zero attached hydrogens (tertiary/aromatic N) is 1. The molecule has 0 saturated carbocycles. The van der Waals surface area contributed by atoms with Gasteiger partial charge in [-0.1, -0.05) is 60.1 Å². The fourth-order valence-corrected chi connectivity index (χ4v) is 3.74. The fourth-order valence-electron chi connectivity index (χ4n) is 2.52. The molecule has 0 amide bonds. The van der Waals surface area contributed by atoms with Gasteiger partial charge in [0.2, 0.25) is 0 Å². The van der Waals surface area contributed by atoms with Crippen molar-refractivity contribution in [2.45, 2.75) is 16.7 Å². The maximum Gasteiger partial charge on any atom is 0.141 e. The Bertz CT molecular complexity index is 925. The van der Waals surface area contributed by atoms with Crippen molar-refractivity contribution in [2.24, 2.45) is 0 Å². The van der Waals surface area contributed by atoms with E-state index in [1.54, 1.807) is 17.8 Å². The van der Waals surface area contributed by atoms with Gasteiger partial charge in [-0.15, -0.1) is 11.8 Å². The summed E-state index contributed by atoms with van der Waals surface area (Å²) < 4.78 is 13.3. The molecule has 0 aromatic heterocycles. The first-order valence-corrected chi connectivity index (χ1v) is 9.40. The van der Waals surface area contributed by atoms with E-state index >= 15 is 0 Å². The van der Waals surface area contributed by atoms with Gasteiger partial charge in [0.1, 0.15) is 11.9 Å². The van der Waals surface area contributed by atoms with E-state index in [1.807, 2.05) is 42.5 Å². The van der Waals surface area contributed by atoms with Crippen LogP contribution in [0.25, 0.3) is 0 Å². The molecule has 1 N–H and O–H groups in total. The third-order valence-electron chi connectivity index (χ3n) is 3.83. The molecule has 0 bridgehead atoms. The number of hydrogen-bond donors (Lipinski definition) is 1. The predicted octanol–water partition coefficient (Wildman–Crippen LogP) is 6.45. The van der Waals surface area contributed by atoms with Crippen LogP contribution in [-0.2, 0) is 5.75 Å². The van der Waals surface area contributed by atoms with Crippen molar-refractivity contribution >= 4 is 29.1 Å². The van der Waals surface area contributed by atoms with Gasteiger partial charge in [-0.25, -0.2) is 4.39 Å². The zero-order valence-electron chi connectivity index (χ0n) is 13.8. The Morgan fingerprint density at radius 1 is 1.04 bits per heavy atom. The van der Waals surface area contributed by atoms with E-state index in [-0.39, 0.29) is 5.02 Å². The lowest BCUT2D eigenvalue weighted by Crippen LogP contribution is -2.09. The van der Waals surface area contributed by atoms with Gasteiger partial charge >= 0.3 is 0 Å². The van der Waals surface area contributed by atoms with Gasteiger partial charge in [-0.3, -0.25) is 0 Å². The topological polar surface area (TPSA) is 35.8 Å². The average molecular weight is 383 g/mol. The Kier molecular flexibility index (Phi) is 6.17. The highest BCUT2D eigenvalue weighted by Crippen LogP contribution is 2.32. The number of hydrogen-bond acceptors (Lipinski definition) is 3. The summed E-state index contributed by atoms with van der Waals surface area (Å²) in [4.78, 5) is 1.03. The van der Waals surface area contributed by atoms with Crippen molar-refractivity contribution in [3.05, 3.63) is 94.8 Å². The van der Waals surface area contributed by atoms with Crippen LogP contribution in [-0.4, -0.2) is 0 Å². The molecule has 1 atom stereocenters. The van der Waals surface area contributed by atoms with E-state index in [1.165, 1.54) is 17.7 Å². The minimum atomic E-state index is -0.559. The maximum atomic E-state index is 13.3. The number of nitrogens with one attached hydrogen (secondary N) is 1. The van der Waals surface area contributed by atoms with Gasteiger partial charge in [0.25, 0.3) is 0 Å². The van der Waals surface area contributed by atoms with Crippen molar-refractivity contribution in [3.63, 3.8) is 0 Å². The molecule has 5 heteroatoms. The second-order valence-electron chi connectivity index (χ2n) is 5.65. The van der Waals surface area contributed by atoms with Crippen molar-refractivity contribution in [1.82, 2.24) is 0 Å². The number of rotatable bonds is 6. The Balaban J connectivity index is 1.80. The van der Waals surface area contributed by atoms with Crippen LogP contribution in [0, 0.1) is 17.1 Å². The van der Waals surface area contributed by atoms with Crippen molar-refractivity contribution < 1.29 is 4.39 Å². The predicted molar refractivity (Wildman–Crippen MR) is 106 cm³/mol. The normalized spacial score (nSPS) is 11.6. The van der Waals surface area contributed by atoms with Crippen LogP contribution in [0.5, 0.6) is 0 Å². The molecular formula is C21H16ClFN2S. The maximum absolute atomic E-state index is 13.3. The SMILES string of the molecule is N#CC(Nc1ccc(F)c(Cl)c1)c1ccccc1SCc1ccccc1. The summed E-state index contributed by atoms with van der Waals surface area (Å²) in [5, 5.41) is 12.8. The monoisotopic (exact) mass is 382 g/mol. The van der Waals surface area contributed by atoms with Crippen LogP contribution >= 0.6 is 23.4 Å². The van der Waals surface area contributed by atoms with E-state index in [4.69, 9.17) is 11.6 Å². The van der Waals surface area contributed by atoms with Gasteiger partial charge < -0.3 is 5.32 Å². The lowest BCUT2D eigenvalue weighted by atomic mass is 10.1. The zero-order valence-corrected chi connectivity index (χ0v) is 15.4. The second kappa shape index (κ2) is 8.75. The molecule has 0 aliphatic carbocycles. The van der Waals surface area contributed by atoms with Crippen molar-refractivity contribution in [2.75, 3.05) is 5.32 Å². The summed E-state index contributed by atoms with van der Waals surface area (Å²) in [7, 11) is 0. The van der Waals surface area contributed by atoms with Crippen LogP contribution in [0.15, 0.2) is 77.7 Å². The van der Waals surface area contributed by atoms with Crippen LogP contribution < -0.4 is 5.32 Å². The molecule has 130 valence electrons. The number of nitriles is 1. The summed E-state index contributed by atoms with van der Waals surface area (Å²) in [6.45, 7) is 0. The summed E-state index contributed by atoms with van der Waals surface area (Å²) >= 11 is 7.52. The van der Waals surface area contributed by atoms with Crippen molar-refractivity contribution in [1.29, 1.82) is 5.26 Å². The Morgan fingerprint density at radius 2 is 1.77 bits per heavy atom. The molecule has 3 aromatic rings. The van der Waals surface area contributed by atoms with Crippen LogP contribution in [0.4, 0.5) is 10.1 Å². The summed E-state index contributed by atoms with van der Waals surface area (Å²) in [5.41, 5.74) is 2.71. The van der Waals surface area contributed by atoms with Crippen LogP contribution in [0.1, 0.15) is 17.2 Å². The number of benzene rings is 3. The molecule has 1 unspecified atom stereocenters. The molecule has 3 aromatic carbocycles. The van der Waals surface area contributed by atoms with E-state index in [2.05, 4.69) is 23.5 Å². The Hall–Kier alpha value is -2.48. The largest absolute Gasteiger partial charge is 0.366 e. The average Bonchev–Trinajstić information content (AvgIpc) is 2.68. The molecule has 26 heavy (non-hydrogen) atoms. The molecule has 0 radical (unpaired) electrons. The molecule has 0 aliphatic rings. The smallest absolute Gasteiger partial charge is 0.141 e. The standard InChI is InChI=1S/C21H16ClFN2S/c22-18-12-16(10-11-19(18)23)25-20(13-24)17-8-4-5-9-21(17)26-14-15-6-2-1-3-7-15/h1-12,20,25H,14H2. The lowest BCUT2D eigenvalue weighted by molar-refractivity contribution is 0.628. The van der Waals surface area contributed by atoms with Gasteiger partial charge in [0.15, 0.2) is 0 Å². The van der Waals surface area contributed by atoms with E-state index in [0.29, 0.717) is 5.69 Å². The number of anilines is 1. The number of thioether (sulfide) groups is 1. The molecule has 0 heterocycles. The molecule has 2 nitrogen and oxygen atoms in total. The third-order valence-corrected chi connectivity index (χ3v) is 5.28. The van der Waals surface area contributed by atoms with E-state index in [0.717, 1.165) is 16.2 Å². The number of halogens is 2. The first-order chi connectivity index (χ1) is 12.7. The van der Waals surface area contributed by atoms with Crippen LogP contribution in [0.2, 0.25) is 5.02 Å². The molecule has 0 saturated heterocycles. The van der Waals surface area contributed by atoms with Crippen molar-refractivity contribution in [3.8, 4) is 6.07 Å².